The maximum absolute atomic E-state index is 13.4. The quantitative estimate of drug-likeness (QED) is 0.562. The molecule has 0 bridgehead atoms. The lowest BCUT2D eigenvalue weighted by molar-refractivity contribution is 0.103. The van der Waals surface area contributed by atoms with Crippen molar-refractivity contribution in [2.24, 2.45) is 0 Å². The highest BCUT2D eigenvalue weighted by Crippen LogP contribution is 2.24. The van der Waals surface area contributed by atoms with Gasteiger partial charge in [-0.1, -0.05) is 0 Å². The predicted octanol–water partition coefficient (Wildman–Crippen LogP) is 3.48. The number of methoxy groups -OCH3 is 1. The first-order valence-electron chi connectivity index (χ1n) is 8.08. The summed E-state index contributed by atoms with van der Waals surface area (Å²) >= 11 is 0. The Labute approximate surface area is 153 Å². The standard InChI is InChI=1S/C20H14FN3O3/c1-27-15-5-2-12(3-6-15)17-9-19-22-10-13(11-24(19)23-17)20(26)16-8-14(21)4-7-18(16)25/h2-11,25H,1H3. The van der Waals surface area contributed by atoms with Crippen LogP contribution in [-0.2, 0) is 0 Å². The van der Waals surface area contributed by atoms with Gasteiger partial charge < -0.3 is 9.84 Å². The van der Waals surface area contributed by atoms with Crippen LogP contribution in [0.4, 0.5) is 4.39 Å². The molecule has 4 aromatic rings. The van der Waals surface area contributed by atoms with E-state index >= 15 is 0 Å². The number of benzene rings is 2. The lowest BCUT2D eigenvalue weighted by Gasteiger charge is -2.04. The molecule has 0 amide bonds. The fourth-order valence-corrected chi connectivity index (χ4v) is 2.74. The van der Waals surface area contributed by atoms with Gasteiger partial charge >= 0.3 is 0 Å². The van der Waals surface area contributed by atoms with E-state index in [-0.39, 0.29) is 16.9 Å². The van der Waals surface area contributed by atoms with Crippen LogP contribution in [0.25, 0.3) is 16.9 Å². The third kappa shape index (κ3) is 3.10. The molecule has 27 heavy (non-hydrogen) atoms. The normalized spacial score (nSPS) is 10.9. The molecule has 7 heteroatoms. The number of rotatable bonds is 4. The fourth-order valence-electron chi connectivity index (χ4n) is 2.74. The van der Waals surface area contributed by atoms with Crippen molar-refractivity contribution in [2.75, 3.05) is 7.11 Å². The van der Waals surface area contributed by atoms with E-state index in [9.17, 15) is 14.3 Å². The lowest BCUT2D eigenvalue weighted by atomic mass is 10.1. The van der Waals surface area contributed by atoms with Crippen LogP contribution in [0.5, 0.6) is 11.5 Å². The molecule has 0 spiro atoms. The Morgan fingerprint density at radius 3 is 2.67 bits per heavy atom. The second-order valence-corrected chi connectivity index (χ2v) is 5.89. The number of halogens is 1. The van der Waals surface area contributed by atoms with Gasteiger partial charge in [-0.3, -0.25) is 4.79 Å². The van der Waals surface area contributed by atoms with Crippen molar-refractivity contribution >= 4 is 11.4 Å². The van der Waals surface area contributed by atoms with E-state index in [2.05, 4.69) is 10.1 Å². The van der Waals surface area contributed by atoms with Crippen molar-refractivity contribution in [1.82, 2.24) is 14.6 Å². The maximum Gasteiger partial charge on any atom is 0.199 e. The number of carbonyl (C=O) groups is 1. The number of nitrogens with zero attached hydrogens (tertiary/aromatic N) is 3. The third-order valence-electron chi connectivity index (χ3n) is 4.16. The first kappa shape index (κ1) is 16.7. The highest BCUT2D eigenvalue weighted by atomic mass is 19.1. The summed E-state index contributed by atoms with van der Waals surface area (Å²) in [4.78, 5) is 16.8. The molecular formula is C20H14FN3O3. The average Bonchev–Trinajstić information content (AvgIpc) is 3.12. The Bertz CT molecular complexity index is 1150. The zero-order valence-corrected chi connectivity index (χ0v) is 14.3. The number of aromatic nitrogens is 3. The molecule has 0 fully saturated rings. The zero-order chi connectivity index (χ0) is 19.0. The number of carbonyl (C=O) groups excluding carboxylic acids is 1. The van der Waals surface area contributed by atoms with Crippen molar-refractivity contribution < 1.29 is 19.0 Å². The van der Waals surface area contributed by atoms with Gasteiger partial charge in [-0.25, -0.2) is 13.9 Å². The summed E-state index contributed by atoms with van der Waals surface area (Å²) in [6.07, 6.45) is 2.88. The van der Waals surface area contributed by atoms with E-state index in [0.717, 1.165) is 29.5 Å². The summed E-state index contributed by atoms with van der Waals surface area (Å²) in [6.45, 7) is 0. The number of ether oxygens (including phenoxy) is 1. The molecule has 0 aliphatic heterocycles. The molecule has 1 N–H and O–H groups in total. The molecule has 4 rings (SSSR count). The number of hydrogen-bond acceptors (Lipinski definition) is 5. The van der Waals surface area contributed by atoms with Gasteiger partial charge in [0, 0.05) is 24.0 Å². The highest BCUT2D eigenvalue weighted by molar-refractivity contribution is 6.10. The number of aromatic hydroxyl groups is 1. The molecule has 134 valence electrons. The first-order chi connectivity index (χ1) is 13.0. The van der Waals surface area contributed by atoms with E-state index in [0.29, 0.717) is 11.3 Å². The zero-order valence-electron chi connectivity index (χ0n) is 14.3. The van der Waals surface area contributed by atoms with Crippen molar-refractivity contribution in [3.8, 4) is 22.8 Å². The first-order valence-corrected chi connectivity index (χ1v) is 8.08. The van der Waals surface area contributed by atoms with Gasteiger partial charge in [0.15, 0.2) is 11.4 Å². The topological polar surface area (TPSA) is 76.7 Å². The molecule has 0 radical (unpaired) electrons. The Kier molecular flexibility index (Phi) is 4.04. The van der Waals surface area contributed by atoms with Gasteiger partial charge in [-0.15, -0.1) is 0 Å². The Morgan fingerprint density at radius 1 is 1.15 bits per heavy atom. The number of hydrogen-bond donors (Lipinski definition) is 1. The number of phenols is 1. The van der Waals surface area contributed by atoms with Gasteiger partial charge in [-0.2, -0.15) is 5.10 Å². The minimum atomic E-state index is -0.605. The van der Waals surface area contributed by atoms with Crippen LogP contribution in [-0.4, -0.2) is 32.6 Å². The summed E-state index contributed by atoms with van der Waals surface area (Å²) < 4.78 is 20.0. The Hall–Kier alpha value is -3.74. The molecule has 2 heterocycles. The van der Waals surface area contributed by atoms with E-state index in [1.165, 1.54) is 16.9 Å². The van der Waals surface area contributed by atoms with Crippen LogP contribution in [0.1, 0.15) is 15.9 Å². The third-order valence-corrected chi connectivity index (χ3v) is 4.16. The summed E-state index contributed by atoms with van der Waals surface area (Å²) in [5, 5.41) is 14.3. The molecule has 0 unspecified atom stereocenters. The Morgan fingerprint density at radius 2 is 1.93 bits per heavy atom. The minimum Gasteiger partial charge on any atom is -0.507 e. The molecule has 2 aromatic carbocycles. The monoisotopic (exact) mass is 363 g/mol. The van der Waals surface area contributed by atoms with E-state index < -0.39 is 11.6 Å². The van der Waals surface area contributed by atoms with Crippen LogP contribution >= 0.6 is 0 Å². The van der Waals surface area contributed by atoms with Gasteiger partial charge in [0.2, 0.25) is 0 Å². The van der Waals surface area contributed by atoms with Gasteiger partial charge in [-0.05, 0) is 42.5 Å². The van der Waals surface area contributed by atoms with Crippen molar-refractivity contribution in [2.45, 2.75) is 0 Å². The molecule has 2 aromatic heterocycles. The van der Waals surface area contributed by atoms with Crippen molar-refractivity contribution in [3.05, 3.63) is 77.9 Å². The van der Waals surface area contributed by atoms with Gasteiger partial charge in [0.1, 0.15) is 17.3 Å². The van der Waals surface area contributed by atoms with Gasteiger partial charge in [0.25, 0.3) is 0 Å². The summed E-state index contributed by atoms with van der Waals surface area (Å²) in [5.74, 6) is -0.696. The molecular weight excluding hydrogens is 349 g/mol. The van der Waals surface area contributed by atoms with E-state index in [1.807, 2.05) is 24.3 Å². The second kappa shape index (κ2) is 6.53. The molecule has 0 atom stereocenters. The lowest BCUT2D eigenvalue weighted by Crippen LogP contribution is -2.05. The van der Waals surface area contributed by atoms with E-state index in [1.54, 1.807) is 13.2 Å². The highest BCUT2D eigenvalue weighted by Gasteiger charge is 2.16. The van der Waals surface area contributed by atoms with Crippen LogP contribution in [0.3, 0.4) is 0 Å². The van der Waals surface area contributed by atoms with Gasteiger partial charge in [0.05, 0.1) is 23.9 Å². The van der Waals surface area contributed by atoms with Crippen LogP contribution in [0.15, 0.2) is 60.9 Å². The fraction of sp³-hybridized carbons (Fsp3) is 0.0500. The molecule has 0 saturated heterocycles. The van der Waals surface area contributed by atoms with Crippen LogP contribution in [0.2, 0.25) is 0 Å². The van der Waals surface area contributed by atoms with Crippen LogP contribution in [0, 0.1) is 5.82 Å². The summed E-state index contributed by atoms with van der Waals surface area (Å²) in [5.41, 5.74) is 2.17. The minimum absolute atomic E-state index is 0.126. The predicted molar refractivity (Wildman–Crippen MR) is 96.5 cm³/mol. The largest absolute Gasteiger partial charge is 0.507 e. The van der Waals surface area contributed by atoms with Crippen molar-refractivity contribution in [3.63, 3.8) is 0 Å². The molecule has 0 aliphatic carbocycles. The van der Waals surface area contributed by atoms with Crippen LogP contribution < -0.4 is 4.74 Å². The summed E-state index contributed by atoms with van der Waals surface area (Å²) in [7, 11) is 1.60. The molecule has 0 aliphatic rings. The molecule has 6 nitrogen and oxygen atoms in total. The van der Waals surface area contributed by atoms with Crippen molar-refractivity contribution in [1.29, 1.82) is 0 Å². The smallest absolute Gasteiger partial charge is 0.199 e. The summed E-state index contributed by atoms with van der Waals surface area (Å²) in [6, 6.07) is 12.4. The average molecular weight is 363 g/mol. The maximum atomic E-state index is 13.4. The van der Waals surface area contributed by atoms with E-state index in [4.69, 9.17) is 4.74 Å². The molecule has 0 saturated carbocycles. The SMILES string of the molecule is COc1ccc(-c2cc3ncc(C(=O)c4cc(F)ccc4O)cn3n2)cc1. The second-order valence-electron chi connectivity index (χ2n) is 5.89. The number of fused-ring (bicyclic) bond motifs is 1. The Balaban J connectivity index is 1.72. The number of ketones is 1. The number of phenolic OH excluding ortho intramolecular Hbond substituents is 1.